The maximum absolute atomic E-state index is 4.28. The van der Waals surface area contributed by atoms with Crippen LogP contribution >= 0.6 is 0 Å². The molecule has 108 valence electrons. The Kier molecular flexibility index (Phi) is 5.03. The van der Waals surface area contributed by atoms with Gasteiger partial charge in [0.1, 0.15) is 0 Å². The van der Waals surface area contributed by atoms with E-state index in [1.54, 1.807) is 0 Å². The van der Waals surface area contributed by atoms with Crippen LogP contribution in [0, 0.1) is 5.41 Å². The molecule has 0 atom stereocenters. The molecular formula is C16H29N3. The molecule has 0 aliphatic heterocycles. The molecule has 19 heavy (non-hydrogen) atoms. The highest BCUT2D eigenvalue weighted by Crippen LogP contribution is 2.39. The normalized spacial score (nSPS) is 18.9. The van der Waals surface area contributed by atoms with E-state index >= 15 is 0 Å². The highest BCUT2D eigenvalue weighted by molar-refractivity contribution is 5.05. The molecule has 1 heterocycles. The summed E-state index contributed by atoms with van der Waals surface area (Å²) in [6, 6.07) is 0.595. The van der Waals surface area contributed by atoms with Crippen molar-refractivity contribution in [3.05, 3.63) is 18.0 Å². The molecule has 0 saturated heterocycles. The van der Waals surface area contributed by atoms with E-state index in [2.05, 4.69) is 30.5 Å². The zero-order chi connectivity index (χ0) is 13.7. The maximum atomic E-state index is 4.28. The van der Waals surface area contributed by atoms with Crippen molar-refractivity contribution in [3.63, 3.8) is 0 Å². The first-order chi connectivity index (χ1) is 9.10. The number of hydrogen-bond donors (Lipinski definition) is 1. The molecule has 1 aliphatic rings. The van der Waals surface area contributed by atoms with E-state index in [1.165, 1.54) is 57.1 Å². The van der Waals surface area contributed by atoms with Crippen LogP contribution in [-0.4, -0.2) is 22.4 Å². The minimum atomic E-state index is 0.526. The molecule has 1 N–H and O–H groups in total. The van der Waals surface area contributed by atoms with Crippen LogP contribution in [0.4, 0.5) is 0 Å². The summed E-state index contributed by atoms with van der Waals surface area (Å²) in [6.45, 7) is 5.68. The molecule has 2 rings (SSSR count). The van der Waals surface area contributed by atoms with Gasteiger partial charge in [-0.15, -0.1) is 0 Å². The standard InChI is InChI=1S/C16H29N3/c1-14(2)17-13-16(8-5-4-6-9-16)10-7-15-11-18-19(3)12-15/h11-12,14,17H,4-10,13H2,1-3H3. The van der Waals surface area contributed by atoms with Crippen molar-refractivity contribution in [2.75, 3.05) is 6.54 Å². The van der Waals surface area contributed by atoms with Crippen molar-refractivity contribution in [2.24, 2.45) is 12.5 Å². The predicted molar refractivity (Wildman–Crippen MR) is 80.2 cm³/mol. The summed E-state index contributed by atoms with van der Waals surface area (Å²) < 4.78 is 1.91. The number of hydrogen-bond acceptors (Lipinski definition) is 2. The molecule has 1 aromatic rings. The highest BCUT2D eigenvalue weighted by Gasteiger charge is 2.31. The molecular weight excluding hydrogens is 234 g/mol. The minimum absolute atomic E-state index is 0.526. The molecule has 3 nitrogen and oxygen atoms in total. The Morgan fingerprint density at radius 2 is 2.05 bits per heavy atom. The van der Waals surface area contributed by atoms with Crippen molar-refractivity contribution in [2.45, 2.75) is 64.8 Å². The van der Waals surface area contributed by atoms with Gasteiger partial charge in [-0.1, -0.05) is 33.1 Å². The average Bonchev–Trinajstić information content (AvgIpc) is 2.81. The van der Waals surface area contributed by atoms with E-state index in [4.69, 9.17) is 0 Å². The van der Waals surface area contributed by atoms with Gasteiger partial charge in [-0.3, -0.25) is 4.68 Å². The van der Waals surface area contributed by atoms with E-state index in [-0.39, 0.29) is 0 Å². The van der Waals surface area contributed by atoms with Crippen molar-refractivity contribution in [3.8, 4) is 0 Å². The number of nitrogens with zero attached hydrogens (tertiary/aromatic N) is 2. The van der Waals surface area contributed by atoms with Gasteiger partial charge in [-0.05, 0) is 36.7 Å². The summed E-state index contributed by atoms with van der Waals surface area (Å²) in [6.07, 6.45) is 13.7. The number of aromatic nitrogens is 2. The van der Waals surface area contributed by atoms with Crippen LogP contribution in [0.3, 0.4) is 0 Å². The maximum Gasteiger partial charge on any atom is 0.0521 e. The van der Waals surface area contributed by atoms with E-state index in [9.17, 15) is 0 Å². The zero-order valence-electron chi connectivity index (χ0n) is 12.8. The van der Waals surface area contributed by atoms with Crippen LogP contribution in [-0.2, 0) is 13.5 Å². The lowest BCUT2D eigenvalue weighted by Gasteiger charge is -2.38. The van der Waals surface area contributed by atoms with Gasteiger partial charge >= 0.3 is 0 Å². The first-order valence-corrected chi connectivity index (χ1v) is 7.81. The second-order valence-electron chi connectivity index (χ2n) is 6.62. The topological polar surface area (TPSA) is 29.9 Å². The monoisotopic (exact) mass is 263 g/mol. The van der Waals surface area contributed by atoms with Gasteiger partial charge in [-0.25, -0.2) is 0 Å². The lowest BCUT2D eigenvalue weighted by molar-refractivity contribution is 0.163. The van der Waals surface area contributed by atoms with Crippen molar-refractivity contribution in [1.82, 2.24) is 15.1 Å². The Hall–Kier alpha value is -0.830. The SMILES string of the molecule is CC(C)NCC1(CCc2cnn(C)c2)CCCCC1. The minimum Gasteiger partial charge on any atom is -0.314 e. The molecule has 0 aromatic carbocycles. The van der Waals surface area contributed by atoms with E-state index in [1.807, 2.05) is 17.9 Å². The van der Waals surface area contributed by atoms with Crippen LogP contribution in [0.1, 0.15) is 57.9 Å². The van der Waals surface area contributed by atoms with Gasteiger partial charge in [0.05, 0.1) is 6.20 Å². The lowest BCUT2D eigenvalue weighted by atomic mass is 9.70. The van der Waals surface area contributed by atoms with Gasteiger partial charge in [0.25, 0.3) is 0 Å². The Bertz CT molecular complexity index is 375. The zero-order valence-corrected chi connectivity index (χ0v) is 12.8. The van der Waals surface area contributed by atoms with Crippen LogP contribution in [0.5, 0.6) is 0 Å². The van der Waals surface area contributed by atoms with Crippen molar-refractivity contribution in [1.29, 1.82) is 0 Å². The van der Waals surface area contributed by atoms with Crippen LogP contribution in [0.15, 0.2) is 12.4 Å². The number of aryl methyl sites for hydroxylation is 2. The third kappa shape index (κ3) is 4.34. The van der Waals surface area contributed by atoms with Crippen molar-refractivity contribution < 1.29 is 0 Å². The van der Waals surface area contributed by atoms with E-state index < -0.39 is 0 Å². The molecule has 0 bridgehead atoms. The Morgan fingerprint density at radius 3 is 2.63 bits per heavy atom. The van der Waals surface area contributed by atoms with E-state index in [0.717, 1.165) is 0 Å². The Morgan fingerprint density at radius 1 is 1.32 bits per heavy atom. The fourth-order valence-electron chi connectivity index (χ4n) is 3.25. The summed E-state index contributed by atoms with van der Waals surface area (Å²) >= 11 is 0. The smallest absolute Gasteiger partial charge is 0.0521 e. The van der Waals surface area contributed by atoms with Crippen molar-refractivity contribution >= 4 is 0 Å². The summed E-state index contributed by atoms with van der Waals surface area (Å²) in [7, 11) is 2.00. The second kappa shape index (κ2) is 6.56. The summed E-state index contributed by atoms with van der Waals surface area (Å²) in [5, 5.41) is 7.96. The summed E-state index contributed by atoms with van der Waals surface area (Å²) in [5.41, 5.74) is 1.91. The number of rotatable bonds is 6. The Labute approximate surface area is 117 Å². The first-order valence-electron chi connectivity index (χ1n) is 7.81. The Balaban J connectivity index is 1.92. The van der Waals surface area contributed by atoms with Gasteiger partial charge in [-0.2, -0.15) is 5.10 Å². The molecule has 0 radical (unpaired) electrons. The number of nitrogens with one attached hydrogen (secondary N) is 1. The quantitative estimate of drug-likeness (QED) is 0.853. The van der Waals surface area contributed by atoms with Gasteiger partial charge in [0.15, 0.2) is 0 Å². The first kappa shape index (κ1) is 14.6. The van der Waals surface area contributed by atoms with Crippen LogP contribution < -0.4 is 5.32 Å². The fourth-order valence-corrected chi connectivity index (χ4v) is 3.25. The summed E-state index contributed by atoms with van der Waals surface area (Å²) in [4.78, 5) is 0. The van der Waals surface area contributed by atoms with E-state index in [0.29, 0.717) is 11.5 Å². The molecule has 3 heteroatoms. The highest BCUT2D eigenvalue weighted by atomic mass is 15.2. The fraction of sp³-hybridized carbons (Fsp3) is 0.812. The lowest BCUT2D eigenvalue weighted by Crippen LogP contribution is -2.39. The molecule has 0 amide bonds. The van der Waals surface area contributed by atoms with Gasteiger partial charge in [0, 0.05) is 25.8 Å². The third-order valence-electron chi connectivity index (χ3n) is 4.50. The largest absolute Gasteiger partial charge is 0.314 e. The second-order valence-corrected chi connectivity index (χ2v) is 6.62. The molecule has 0 unspecified atom stereocenters. The van der Waals surface area contributed by atoms with Crippen LogP contribution in [0.2, 0.25) is 0 Å². The third-order valence-corrected chi connectivity index (χ3v) is 4.50. The van der Waals surface area contributed by atoms with Crippen LogP contribution in [0.25, 0.3) is 0 Å². The molecule has 0 spiro atoms. The molecule has 1 aliphatic carbocycles. The molecule has 1 saturated carbocycles. The van der Waals surface area contributed by atoms with Gasteiger partial charge < -0.3 is 5.32 Å². The summed E-state index contributed by atoms with van der Waals surface area (Å²) in [5.74, 6) is 0. The molecule has 1 fully saturated rings. The average molecular weight is 263 g/mol. The van der Waals surface area contributed by atoms with Gasteiger partial charge in [0.2, 0.25) is 0 Å². The predicted octanol–water partition coefficient (Wildman–Crippen LogP) is 3.30. The molecule has 1 aromatic heterocycles.